The Kier molecular flexibility index (Phi) is 2.58. The number of rotatable bonds is 2. The van der Waals surface area contributed by atoms with Gasteiger partial charge in [0.25, 0.3) is 0 Å². The van der Waals surface area contributed by atoms with E-state index in [4.69, 9.17) is 4.74 Å². The minimum absolute atomic E-state index is 0.0171. The molecule has 0 aromatic rings. The van der Waals surface area contributed by atoms with Crippen molar-refractivity contribution in [2.24, 2.45) is 76.9 Å². The zero-order chi connectivity index (χ0) is 16.6. The number of carbonyl (C=O) groups is 1. The second-order valence-corrected chi connectivity index (χ2v) is 10.7. The van der Waals surface area contributed by atoms with E-state index in [2.05, 4.69) is 0 Å². The molecule has 0 unspecified atom stereocenters. The number of aliphatic hydroxyl groups is 1. The summed E-state index contributed by atoms with van der Waals surface area (Å²) in [6.45, 7) is 2.27. The van der Waals surface area contributed by atoms with Crippen molar-refractivity contribution in [3.05, 3.63) is 0 Å². The summed E-state index contributed by atoms with van der Waals surface area (Å²) in [4.78, 5) is 11.6. The van der Waals surface area contributed by atoms with Gasteiger partial charge in [-0.1, -0.05) is 6.42 Å². The van der Waals surface area contributed by atoms with E-state index in [9.17, 15) is 9.90 Å². The van der Waals surface area contributed by atoms with Crippen LogP contribution in [-0.4, -0.2) is 23.8 Å². The van der Waals surface area contributed by atoms with E-state index >= 15 is 0 Å². The van der Waals surface area contributed by atoms with Gasteiger partial charge in [-0.15, -0.1) is 0 Å². The first kappa shape index (κ1) is 14.5. The molecule has 7 saturated carbocycles. The molecule has 3 nitrogen and oxygen atoms in total. The van der Waals surface area contributed by atoms with Gasteiger partial charge in [-0.3, -0.25) is 4.79 Å². The first-order valence-electron chi connectivity index (χ1n) is 11.0. The summed E-state index contributed by atoms with van der Waals surface area (Å²) in [7, 11) is 0. The molecule has 0 aromatic carbocycles. The van der Waals surface area contributed by atoms with Crippen molar-refractivity contribution in [2.45, 2.75) is 45.1 Å². The van der Waals surface area contributed by atoms with Crippen LogP contribution in [0.15, 0.2) is 0 Å². The van der Waals surface area contributed by atoms with Gasteiger partial charge < -0.3 is 9.84 Å². The van der Waals surface area contributed by atoms with Crippen LogP contribution in [0.3, 0.4) is 0 Å². The van der Waals surface area contributed by atoms with Crippen molar-refractivity contribution in [2.75, 3.05) is 6.61 Å². The molecule has 14 atom stereocenters. The minimum Gasteiger partial charge on any atom is -0.466 e. The number of aliphatic hydroxyl groups excluding tert-OH is 1. The molecule has 7 aliphatic carbocycles. The quantitative estimate of drug-likeness (QED) is 0.785. The number of esters is 1. The van der Waals surface area contributed by atoms with Gasteiger partial charge in [0, 0.05) is 6.92 Å². The number of carbonyl (C=O) groups excluding carboxylic acids is 1. The Balaban J connectivity index is 1.36. The summed E-state index contributed by atoms with van der Waals surface area (Å²) >= 11 is 0. The fourth-order valence-electron chi connectivity index (χ4n) is 11.1. The zero-order valence-electron chi connectivity index (χ0n) is 15.1. The van der Waals surface area contributed by atoms with E-state index in [1.54, 1.807) is 6.92 Å². The molecule has 0 spiro atoms. The van der Waals surface area contributed by atoms with E-state index in [0.717, 1.165) is 59.2 Å². The molecule has 0 aromatic heterocycles. The summed E-state index contributed by atoms with van der Waals surface area (Å²) < 4.78 is 5.66. The number of fused-ring (bicyclic) bond motifs is 5. The first-order chi connectivity index (χ1) is 12.2. The van der Waals surface area contributed by atoms with Crippen LogP contribution in [0.2, 0.25) is 0 Å². The standard InChI is InChI=1S/C22H30O3/c1-8(23)25-7-13-14-9-3-2-4-10(9)17-18(14)19-16(13)11-5-6-12-15(11)20(19)21(17)22(12)24/h9-22,24H,2-7H2,1H3/t9-,10+,11-,12-,13-,14+,15+,16-,17+,18+,19-,20-,21+,22-/m1/s1. The molecule has 136 valence electrons. The van der Waals surface area contributed by atoms with Gasteiger partial charge in [0.05, 0.1) is 12.7 Å². The Morgan fingerprint density at radius 3 is 2.24 bits per heavy atom. The van der Waals surface area contributed by atoms with Gasteiger partial charge in [-0.05, 0) is 103 Å². The maximum atomic E-state index is 11.6. The van der Waals surface area contributed by atoms with E-state index in [-0.39, 0.29) is 12.1 Å². The van der Waals surface area contributed by atoms with Crippen LogP contribution in [0, 0.1) is 76.9 Å². The second-order valence-electron chi connectivity index (χ2n) is 10.7. The predicted molar refractivity (Wildman–Crippen MR) is 91.1 cm³/mol. The van der Waals surface area contributed by atoms with Crippen molar-refractivity contribution in [1.82, 2.24) is 0 Å². The maximum absolute atomic E-state index is 11.6. The van der Waals surface area contributed by atoms with Gasteiger partial charge in [-0.2, -0.15) is 0 Å². The smallest absolute Gasteiger partial charge is 0.302 e. The van der Waals surface area contributed by atoms with Crippen LogP contribution in [0.1, 0.15) is 39.0 Å². The highest BCUT2D eigenvalue weighted by Crippen LogP contribution is 2.83. The molecule has 7 aliphatic rings. The van der Waals surface area contributed by atoms with E-state index < -0.39 is 0 Å². The molecule has 0 amide bonds. The lowest BCUT2D eigenvalue weighted by atomic mass is 9.74. The Morgan fingerprint density at radius 1 is 0.800 bits per heavy atom. The average molecular weight is 342 g/mol. The van der Waals surface area contributed by atoms with Crippen molar-refractivity contribution >= 4 is 5.97 Å². The number of ether oxygens (including phenoxy) is 1. The molecule has 0 saturated heterocycles. The lowest BCUT2D eigenvalue weighted by Gasteiger charge is -2.31. The van der Waals surface area contributed by atoms with Crippen LogP contribution < -0.4 is 0 Å². The Morgan fingerprint density at radius 2 is 1.44 bits per heavy atom. The summed E-state index contributed by atoms with van der Waals surface area (Å²) in [5.41, 5.74) is 0. The third kappa shape index (κ3) is 1.41. The lowest BCUT2D eigenvalue weighted by molar-refractivity contribution is -0.143. The average Bonchev–Trinajstić information content (AvgIpc) is 3.33. The topological polar surface area (TPSA) is 46.5 Å². The second kappa shape index (κ2) is 4.46. The minimum atomic E-state index is -0.0923. The molecule has 25 heavy (non-hydrogen) atoms. The van der Waals surface area contributed by atoms with Gasteiger partial charge >= 0.3 is 5.97 Å². The fraction of sp³-hybridized carbons (Fsp3) is 0.955. The van der Waals surface area contributed by atoms with Gasteiger partial charge in [0.1, 0.15) is 0 Å². The van der Waals surface area contributed by atoms with Crippen molar-refractivity contribution in [1.29, 1.82) is 0 Å². The number of hydrogen-bond donors (Lipinski definition) is 1. The third-order valence-corrected chi connectivity index (χ3v) is 10.8. The predicted octanol–water partition coefficient (Wildman–Crippen LogP) is 2.97. The summed E-state index contributed by atoms with van der Waals surface area (Å²) in [6, 6.07) is 0. The molecule has 3 heteroatoms. The van der Waals surface area contributed by atoms with Gasteiger partial charge in [0.2, 0.25) is 0 Å². The Hall–Kier alpha value is -0.570. The highest BCUT2D eigenvalue weighted by molar-refractivity contribution is 5.65. The van der Waals surface area contributed by atoms with Crippen LogP contribution in [-0.2, 0) is 9.53 Å². The highest BCUT2D eigenvalue weighted by Gasteiger charge is 2.80. The molecule has 0 aliphatic heterocycles. The highest BCUT2D eigenvalue weighted by atomic mass is 16.5. The van der Waals surface area contributed by atoms with Gasteiger partial charge in [0.15, 0.2) is 0 Å². The normalized spacial score (nSPS) is 67.1. The summed E-state index contributed by atoms with van der Waals surface area (Å²) in [5.74, 6) is 10.3. The molecule has 7 fully saturated rings. The largest absolute Gasteiger partial charge is 0.466 e. The maximum Gasteiger partial charge on any atom is 0.302 e. The molecule has 0 heterocycles. The van der Waals surface area contributed by atoms with E-state index in [0.29, 0.717) is 24.4 Å². The fourth-order valence-corrected chi connectivity index (χ4v) is 11.1. The first-order valence-corrected chi connectivity index (χ1v) is 11.0. The molecular formula is C22H30O3. The van der Waals surface area contributed by atoms with Gasteiger partial charge in [-0.25, -0.2) is 0 Å². The molecule has 1 N–H and O–H groups in total. The lowest BCUT2D eigenvalue weighted by Crippen LogP contribution is -2.31. The van der Waals surface area contributed by atoms with Crippen LogP contribution in [0.25, 0.3) is 0 Å². The SMILES string of the molecule is CC(=O)OC[C@H]1[C@H]2[C@@H]3CC[C@H]4[C@@H](O)[C@H]5[C@H]6[C@H]7CCC[C@H]7[C@@H]1[C@@H]6[C@@H]2[C@H]5[C@H]43. The summed E-state index contributed by atoms with van der Waals surface area (Å²) in [5, 5.41) is 11.2. The summed E-state index contributed by atoms with van der Waals surface area (Å²) in [6.07, 6.45) is 6.84. The van der Waals surface area contributed by atoms with Crippen LogP contribution in [0.4, 0.5) is 0 Å². The monoisotopic (exact) mass is 342 g/mol. The molecular weight excluding hydrogens is 312 g/mol. The van der Waals surface area contributed by atoms with E-state index in [1.165, 1.54) is 32.1 Å². The molecule has 7 rings (SSSR count). The molecule has 0 bridgehead atoms. The van der Waals surface area contributed by atoms with Crippen LogP contribution in [0.5, 0.6) is 0 Å². The van der Waals surface area contributed by atoms with E-state index in [1.807, 2.05) is 0 Å². The van der Waals surface area contributed by atoms with Crippen LogP contribution >= 0.6 is 0 Å². The third-order valence-electron chi connectivity index (χ3n) is 10.8. The zero-order valence-corrected chi connectivity index (χ0v) is 15.1. The number of hydrogen-bond acceptors (Lipinski definition) is 3. The Labute approximate surface area is 149 Å². The van der Waals surface area contributed by atoms with Crippen molar-refractivity contribution < 1.29 is 14.6 Å². The van der Waals surface area contributed by atoms with Crippen molar-refractivity contribution in [3.63, 3.8) is 0 Å². The van der Waals surface area contributed by atoms with Crippen molar-refractivity contribution in [3.8, 4) is 0 Å². The Bertz CT molecular complexity index is 639. The molecule has 0 radical (unpaired) electrons.